The van der Waals surface area contributed by atoms with Gasteiger partial charge in [-0.05, 0) is 48.1 Å². The maximum atomic E-state index is 13.4. The summed E-state index contributed by atoms with van der Waals surface area (Å²) in [7, 11) is 1.62. The Labute approximate surface area is 210 Å². The molecule has 2 aromatic carbocycles. The molecule has 180 valence electrons. The zero-order valence-electron chi connectivity index (χ0n) is 19.5. The molecule has 0 fully saturated rings. The highest BCUT2D eigenvalue weighted by atomic mass is 35.5. The second-order valence-electron chi connectivity index (χ2n) is 7.98. The van der Waals surface area contributed by atoms with Gasteiger partial charge in [0.15, 0.2) is 0 Å². The molecule has 0 aliphatic heterocycles. The van der Waals surface area contributed by atoms with E-state index >= 15 is 0 Å². The van der Waals surface area contributed by atoms with Gasteiger partial charge in [0, 0.05) is 42.4 Å². The lowest BCUT2D eigenvalue weighted by Gasteiger charge is -2.28. The van der Waals surface area contributed by atoms with Gasteiger partial charge in [0.05, 0.1) is 6.54 Å². The Morgan fingerprint density at radius 1 is 1.03 bits per heavy atom. The number of carbonyl (C=O) groups excluding carboxylic acids is 2. The standard InChI is InChI=1S/C26H30ClN3O3S/c1-20-11-12-22(16-24(20)27)28-26(32)29(13-7-14-33-2)19-25(31)30(18-23-10-6-15-34-23)17-21-8-4-3-5-9-21/h3-6,8-12,15-16H,7,13-14,17-19H2,1-2H3,(H,28,32). The van der Waals surface area contributed by atoms with Crippen molar-refractivity contribution in [2.45, 2.75) is 26.4 Å². The van der Waals surface area contributed by atoms with Crippen LogP contribution in [0.1, 0.15) is 22.4 Å². The number of benzene rings is 2. The Kier molecular flexibility index (Phi) is 9.94. The average molecular weight is 500 g/mol. The Morgan fingerprint density at radius 3 is 2.50 bits per heavy atom. The quantitative estimate of drug-likeness (QED) is 0.339. The maximum Gasteiger partial charge on any atom is 0.322 e. The van der Waals surface area contributed by atoms with Gasteiger partial charge < -0.3 is 19.9 Å². The van der Waals surface area contributed by atoms with E-state index in [9.17, 15) is 9.59 Å². The van der Waals surface area contributed by atoms with Gasteiger partial charge in [-0.2, -0.15) is 0 Å². The van der Waals surface area contributed by atoms with Crippen LogP contribution in [0.2, 0.25) is 5.02 Å². The number of ether oxygens (including phenoxy) is 1. The second-order valence-corrected chi connectivity index (χ2v) is 9.42. The highest BCUT2D eigenvalue weighted by Gasteiger charge is 2.22. The van der Waals surface area contributed by atoms with E-state index < -0.39 is 0 Å². The van der Waals surface area contributed by atoms with Crippen LogP contribution in [-0.4, -0.2) is 48.5 Å². The van der Waals surface area contributed by atoms with Gasteiger partial charge in [-0.1, -0.05) is 54.1 Å². The van der Waals surface area contributed by atoms with Crippen LogP contribution in [0.4, 0.5) is 10.5 Å². The zero-order chi connectivity index (χ0) is 24.3. The van der Waals surface area contributed by atoms with E-state index in [1.54, 1.807) is 35.5 Å². The summed E-state index contributed by atoms with van der Waals surface area (Å²) in [4.78, 5) is 30.9. The van der Waals surface area contributed by atoms with E-state index in [1.165, 1.54) is 4.90 Å². The molecule has 6 nitrogen and oxygen atoms in total. The fourth-order valence-electron chi connectivity index (χ4n) is 3.42. The van der Waals surface area contributed by atoms with E-state index in [2.05, 4.69) is 5.32 Å². The topological polar surface area (TPSA) is 61.9 Å². The molecule has 1 aromatic heterocycles. The molecular formula is C26H30ClN3O3S. The van der Waals surface area contributed by atoms with Crippen molar-refractivity contribution >= 4 is 40.6 Å². The molecule has 8 heteroatoms. The van der Waals surface area contributed by atoms with Crippen molar-refractivity contribution in [3.8, 4) is 0 Å². The molecule has 0 unspecified atom stereocenters. The lowest BCUT2D eigenvalue weighted by molar-refractivity contribution is -0.133. The minimum Gasteiger partial charge on any atom is -0.385 e. The smallest absolute Gasteiger partial charge is 0.322 e. The van der Waals surface area contributed by atoms with E-state index in [4.69, 9.17) is 16.3 Å². The normalized spacial score (nSPS) is 10.7. The van der Waals surface area contributed by atoms with Crippen LogP contribution in [0.5, 0.6) is 0 Å². The third-order valence-electron chi connectivity index (χ3n) is 5.31. The summed E-state index contributed by atoms with van der Waals surface area (Å²) in [5.41, 5.74) is 2.55. The van der Waals surface area contributed by atoms with Gasteiger partial charge in [-0.15, -0.1) is 11.3 Å². The molecule has 3 rings (SSSR count). The Morgan fingerprint density at radius 2 is 1.82 bits per heavy atom. The number of hydrogen-bond acceptors (Lipinski definition) is 4. The average Bonchev–Trinajstić information content (AvgIpc) is 3.34. The molecule has 0 aliphatic carbocycles. The largest absolute Gasteiger partial charge is 0.385 e. The van der Waals surface area contributed by atoms with Gasteiger partial charge in [0.2, 0.25) is 5.91 Å². The highest BCUT2D eigenvalue weighted by Crippen LogP contribution is 2.20. The van der Waals surface area contributed by atoms with Gasteiger partial charge in [0.25, 0.3) is 0 Å². The lowest BCUT2D eigenvalue weighted by Crippen LogP contribution is -2.44. The first-order chi connectivity index (χ1) is 16.5. The van der Waals surface area contributed by atoms with E-state index in [1.807, 2.05) is 60.8 Å². The van der Waals surface area contributed by atoms with Gasteiger partial charge in [-0.3, -0.25) is 4.79 Å². The molecule has 3 amide bonds. The monoisotopic (exact) mass is 499 g/mol. The molecular weight excluding hydrogens is 470 g/mol. The molecule has 3 aromatic rings. The minimum absolute atomic E-state index is 0.0344. The van der Waals surface area contributed by atoms with Crippen LogP contribution in [-0.2, 0) is 22.6 Å². The number of carbonyl (C=O) groups is 2. The van der Waals surface area contributed by atoms with E-state index in [-0.39, 0.29) is 18.5 Å². The molecule has 0 bridgehead atoms. The fourth-order valence-corrected chi connectivity index (χ4v) is 4.32. The number of halogens is 1. The SMILES string of the molecule is COCCCN(CC(=O)N(Cc1ccccc1)Cc1cccs1)C(=O)Nc1ccc(C)c(Cl)c1. The predicted molar refractivity (Wildman–Crippen MR) is 138 cm³/mol. The number of nitrogens with one attached hydrogen (secondary N) is 1. The van der Waals surface area contributed by atoms with E-state index in [0.29, 0.717) is 43.4 Å². The third-order valence-corrected chi connectivity index (χ3v) is 6.58. The van der Waals surface area contributed by atoms with Gasteiger partial charge in [0.1, 0.15) is 6.54 Å². The number of nitrogens with zero attached hydrogens (tertiary/aromatic N) is 2. The zero-order valence-corrected chi connectivity index (χ0v) is 21.1. The van der Waals surface area contributed by atoms with Crippen molar-refractivity contribution in [2.24, 2.45) is 0 Å². The summed E-state index contributed by atoms with van der Waals surface area (Å²) < 4.78 is 5.15. The first-order valence-electron chi connectivity index (χ1n) is 11.1. The fraction of sp³-hybridized carbons (Fsp3) is 0.308. The Hall–Kier alpha value is -2.87. The van der Waals surface area contributed by atoms with Crippen LogP contribution >= 0.6 is 22.9 Å². The van der Waals surface area contributed by atoms with Crippen LogP contribution < -0.4 is 5.32 Å². The van der Waals surface area contributed by atoms with Crippen LogP contribution in [0.25, 0.3) is 0 Å². The lowest BCUT2D eigenvalue weighted by atomic mass is 10.2. The summed E-state index contributed by atoms with van der Waals surface area (Å²) in [5, 5.41) is 5.44. The molecule has 0 aliphatic rings. The summed E-state index contributed by atoms with van der Waals surface area (Å²) in [6.07, 6.45) is 0.620. The third kappa shape index (κ3) is 7.87. The minimum atomic E-state index is -0.347. The number of anilines is 1. The van der Waals surface area contributed by atoms with Crippen molar-refractivity contribution < 1.29 is 14.3 Å². The number of aryl methyl sites for hydroxylation is 1. The number of rotatable bonds is 11. The van der Waals surface area contributed by atoms with Crippen molar-refractivity contribution in [3.05, 3.63) is 87.1 Å². The molecule has 0 radical (unpaired) electrons. The molecule has 0 spiro atoms. The molecule has 0 atom stereocenters. The summed E-state index contributed by atoms with van der Waals surface area (Å²) >= 11 is 7.82. The summed E-state index contributed by atoms with van der Waals surface area (Å²) in [6, 6.07) is 18.9. The summed E-state index contributed by atoms with van der Waals surface area (Å²) in [5.74, 6) is -0.119. The molecule has 0 saturated carbocycles. The molecule has 0 saturated heterocycles. The maximum absolute atomic E-state index is 13.4. The van der Waals surface area contributed by atoms with Gasteiger partial charge in [-0.25, -0.2) is 4.79 Å². The molecule has 1 N–H and O–H groups in total. The van der Waals surface area contributed by atoms with Crippen LogP contribution in [0.3, 0.4) is 0 Å². The number of thiophene rings is 1. The van der Waals surface area contributed by atoms with Crippen molar-refractivity contribution in [2.75, 3.05) is 32.1 Å². The first kappa shape index (κ1) is 25.7. The van der Waals surface area contributed by atoms with Crippen molar-refractivity contribution in [1.82, 2.24) is 9.80 Å². The number of hydrogen-bond donors (Lipinski definition) is 1. The second kappa shape index (κ2) is 13.1. The van der Waals surface area contributed by atoms with Crippen LogP contribution in [0, 0.1) is 6.92 Å². The molecule has 1 heterocycles. The highest BCUT2D eigenvalue weighted by molar-refractivity contribution is 7.09. The van der Waals surface area contributed by atoms with Crippen LogP contribution in [0.15, 0.2) is 66.0 Å². The van der Waals surface area contributed by atoms with Crippen molar-refractivity contribution in [3.63, 3.8) is 0 Å². The molecule has 34 heavy (non-hydrogen) atoms. The first-order valence-corrected chi connectivity index (χ1v) is 12.4. The Bertz CT molecular complexity index is 1060. The number of urea groups is 1. The number of methoxy groups -OCH3 is 1. The van der Waals surface area contributed by atoms with E-state index in [0.717, 1.165) is 16.0 Å². The summed E-state index contributed by atoms with van der Waals surface area (Å²) in [6.45, 7) is 3.72. The van der Waals surface area contributed by atoms with Crippen molar-refractivity contribution in [1.29, 1.82) is 0 Å². The van der Waals surface area contributed by atoms with Gasteiger partial charge >= 0.3 is 6.03 Å². The predicted octanol–water partition coefficient (Wildman–Crippen LogP) is 5.81. The number of amides is 3. The Balaban J connectivity index is 1.74.